The lowest BCUT2D eigenvalue weighted by Crippen LogP contribution is -1.94. The first-order chi connectivity index (χ1) is 6.77. The third-order valence-electron chi connectivity index (χ3n) is 3.07. The molecular weight excluding hydrogens is 176 g/mol. The second-order valence-electron chi connectivity index (χ2n) is 4.54. The zero-order chi connectivity index (χ0) is 9.97. The Hall–Kier alpha value is -0.790. The van der Waals surface area contributed by atoms with Crippen LogP contribution in [0.4, 0.5) is 0 Å². The summed E-state index contributed by atoms with van der Waals surface area (Å²) in [5.74, 6) is 1.09. The molecule has 0 unspecified atom stereocenters. The lowest BCUT2D eigenvalue weighted by atomic mass is 10.0. The average Bonchev–Trinajstić information content (AvgIpc) is 2.99. The molecule has 0 aliphatic heterocycles. The summed E-state index contributed by atoms with van der Waals surface area (Å²) in [6.07, 6.45) is 9.93. The average molecular weight is 194 g/mol. The summed E-state index contributed by atoms with van der Waals surface area (Å²) >= 11 is 0. The largest absolute Gasteiger partial charge is 0.481 e. The van der Waals surface area contributed by atoms with Gasteiger partial charge in [-0.3, -0.25) is 4.79 Å². The van der Waals surface area contributed by atoms with Crippen molar-refractivity contribution in [3.63, 3.8) is 0 Å². The Balaban J connectivity index is 1.73. The molecule has 14 heavy (non-hydrogen) atoms. The first-order valence-electron chi connectivity index (χ1n) is 5.69. The van der Waals surface area contributed by atoms with Gasteiger partial charge in [-0.25, -0.2) is 0 Å². The van der Waals surface area contributed by atoms with Gasteiger partial charge in [0.15, 0.2) is 0 Å². The Kier molecular flexibility index (Phi) is 2.90. The van der Waals surface area contributed by atoms with Crippen LogP contribution >= 0.6 is 0 Å². The fourth-order valence-electron chi connectivity index (χ4n) is 2.02. The monoisotopic (exact) mass is 194 g/mol. The highest BCUT2D eigenvalue weighted by atomic mass is 16.4. The van der Waals surface area contributed by atoms with E-state index in [1.807, 2.05) is 0 Å². The molecule has 1 N–H and O–H groups in total. The molecule has 2 fully saturated rings. The lowest BCUT2D eigenvalue weighted by molar-refractivity contribution is -0.137. The quantitative estimate of drug-likeness (QED) is 0.521. The fourth-order valence-corrected chi connectivity index (χ4v) is 2.02. The highest BCUT2D eigenvalue weighted by Crippen LogP contribution is 2.48. The van der Waals surface area contributed by atoms with E-state index in [9.17, 15) is 4.79 Å². The molecule has 0 radical (unpaired) electrons. The smallest absolute Gasteiger partial charge is 0.303 e. The summed E-state index contributed by atoms with van der Waals surface area (Å²) in [6.45, 7) is 0. The number of carboxylic acid groups (broad SMARTS) is 1. The summed E-state index contributed by atoms with van der Waals surface area (Å²) < 4.78 is 0. The maximum absolute atomic E-state index is 10.3. The van der Waals surface area contributed by atoms with E-state index >= 15 is 0 Å². The lowest BCUT2D eigenvalue weighted by Gasteiger charge is -2.02. The Morgan fingerprint density at radius 3 is 2.21 bits per heavy atom. The van der Waals surface area contributed by atoms with Crippen molar-refractivity contribution in [2.24, 2.45) is 11.8 Å². The minimum Gasteiger partial charge on any atom is -0.481 e. The molecular formula is C12H18O2. The first kappa shape index (κ1) is 9.75. The molecule has 2 aliphatic carbocycles. The van der Waals surface area contributed by atoms with Crippen LogP contribution in [-0.4, -0.2) is 11.1 Å². The molecule has 0 aromatic rings. The van der Waals surface area contributed by atoms with Crippen molar-refractivity contribution in [1.29, 1.82) is 0 Å². The molecule has 0 saturated heterocycles. The second kappa shape index (κ2) is 4.16. The van der Waals surface area contributed by atoms with E-state index in [2.05, 4.69) is 6.08 Å². The summed E-state index contributed by atoms with van der Waals surface area (Å²) in [7, 11) is 0. The van der Waals surface area contributed by atoms with Gasteiger partial charge in [-0.15, -0.1) is 0 Å². The molecule has 2 heteroatoms. The number of aliphatic carboxylic acids is 1. The highest BCUT2D eigenvalue weighted by Gasteiger charge is 2.35. The van der Waals surface area contributed by atoms with Crippen LogP contribution in [0.2, 0.25) is 0 Å². The van der Waals surface area contributed by atoms with Crippen molar-refractivity contribution in [1.82, 2.24) is 0 Å². The molecule has 2 nitrogen and oxygen atoms in total. The molecule has 0 atom stereocenters. The molecule has 0 amide bonds. The van der Waals surface area contributed by atoms with Gasteiger partial charge >= 0.3 is 5.97 Å². The Bertz CT molecular complexity index is 233. The zero-order valence-corrected chi connectivity index (χ0v) is 8.54. The predicted octanol–water partition coefficient (Wildman–Crippen LogP) is 2.99. The fraction of sp³-hybridized carbons (Fsp3) is 0.750. The maximum Gasteiger partial charge on any atom is 0.303 e. The van der Waals surface area contributed by atoms with E-state index < -0.39 is 5.97 Å². The third kappa shape index (κ3) is 2.86. The molecule has 2 aliphatic rings. The van der Waals surface area contributed by atoms with E-state index in [1.165, 1.54) is 25.7 Å². The van der Waals surface area contributed by atoms with E-state index in [4.69, 9.17) is 5.11 Å². The van der Waals surface area contributed by atoms with Crippen molar-refractivity contribution in [2.75, 3.05) is 0 Å². The van der Waals surface area contributed by atoms with Gasteiger partial charge in [-0.2, -0.15) is 0 Å². The number of carbonyl (C=O) groups is 1. The van der Waals surface area contributed by atoms with Gasteiger partial charge in [0.2, 0.25) is 0 Å². The molecule has 0 spiro atoms. The molecule has 78 valence electrons. The van der Waals surface area contributed by atoms with Crippen molar-refractivity contribution >= 4 is 5.97 Å². The van der Waals surface area contributed by atoms with Crippen LogP contribution in [0.1, 0.15) is 44.9 Å². The van der Waals surface area contributed by atoms with E-state index in [0.717, 1.165) is 24.7 Å². The number of carboxylic acids is 1. The minimum atomic E-state index is -0.669. The van der Waals surface area contributed by atoms with Crippen LogP contribution in [0.3, 0.4) is 0 Å². The Labute approximate surface area is 85.0 Å². The normalized spacial score (nSPS) is 20.6. The van der Waals surface area contributed by atoms with Crippen molar-refractivity contribution in [3.8, 4) is 0 Å². The second-order valence-corrected chi connectivity index (χ2v) is 4.54. The van der Waals surface area contributed by atoms with Crippen LogP contribution in [0.25, 0.3) is 0 Å². The summed E-state index contributed by atoms with van der Waals surface area (Å²) in [6, 6.07) is 0. The number of rotatable bonds is 6. The molecule has 0 bridgehead atoms. The SMILES string of the molecule is O=C(O)CCCC=C(C1CC1)C1CC1. The Morgan fingerprint density at radius 2 is 1.79 bits per heavy atom. The van der Waals surface area contributed by atoms with Crippen molar-refractivity contribution < 1.29 is 9.90 Å². The standard InChI is InChI=1S/C12H18O2/c13-12(14)4-2-1-3-11(9-5-6-9)10-7-8-10/h3,9-10H,1-2,4-8H2,(H,13,14). The van der Waals surface area contributed by atoms with Gasteiger partial charge in [0.05, 0.1) is 0 Å². The summed E-state index contributed by atoms with van der Waals surface area (Å²) in [5, 5.41) is 8.50. The van der Waals surface area contributed by atoms with Crippen molar-refractivity contribution in [2.45, 2.75) is 44.9 Å². The predicted molar refractivity (Wildman–Crippen MR) is 55.0 cm³/mol. The van der Waals surface area contributed by atoms with Gasteiger partial charge in [-0.05, 0) is 50.4 Å². The minimum absolute atomic E-state index is 0.319. The highest BCUT2D eigenvalue weighted by molar-refractivity contribution is 5.66. The number of hydrogen-bond donors (Lipinski definition) is 1. The third-order valence-corrected chi connectivity index (χ3v) is 3.07. The van der Waals surface area contributed by atoms with Gasteiger partial charge in [0.25, 0.3) is 0 Å². The summed E-state index contributed by atoms with van der Waals surface area (Å²) in [4.78, 5) is 10.3. The molecule has 0 aromatic carbocycles. The van der Waals surface area contributed by atoms with E-state index in [-0.39, 0.29) is 0 Å². The van der Waals surface area contributed by atoms with Gasteiger partial charge in [0, 0.05) is 6.42 Å². The number of allylic oxidation sites excluding steroid dienone is 2. The van der Waals surface area contributed by atoms with Gasteiger partial charge in [0.1, 0.15) is 0 Å². The zero-order valence-electron chi connectivity index (χ0n) is 8.54. The van der Waals surface area contributed by atoms with Crippen LogP contribution < -0.4 is 0 Å². The number of hydrogen-bond acceptors (Lipinski definition) is 1. The van der Waals surface area contributed by atoms with Crippen LogP contribution in [0.5, 0.6) is 0 Å². The number of unbranched alkanes of at least 4 members (excludes halogenated alkanes) is 1. The molecule has 0 aromatic heterocycles. The van der Waals surface area contributed by atoms with Crippen molar-refractivity contribution in [3.05, 3.63) is 11.6 Å². The summed E-state index contributed by atoms with van der Waals surface area (Å²) in [5.41, 5.74) is 1.66. The van der Waals surface area contributed by atoms with Gasteiger partial charge < -0.3 is 5.11 Å². The van der Waals surface area contributed by atoms with Crippen LogP contribution in [0, 0.1) is 11.8 Å². The molecule has 2 saturated carbocycles. The van der Waals surface area contributed by atoms with E-state index in [1.54, 1.807) is 5.57 Å². The Morgan fingerprint density at radius 1 is 1.21 bits per heavy atom. The van der Waals surface area contributed by atoms with Crippen LogP contribution in [0.15, 0.2) is 11.6 Å². The molecule has 2 rings (SSSR count). The molecule has 0 heterocycles. The van der Waals surface area contributed by atoms with Gasteiger partial charge in [-0.1, -0.05) is 11.6 Å². The maximum atomic E-state index is 10.3. The van der Waals surface area contributed by atoms with E-state index in [0.29, 0.717) is 6.42 Å². The van der Waals surface area contributed by atoms with Crippen LogP contribution in [-0.2, 0) is 4.79 Å². The first-order valence-corrected chi connectivity index (χ1v) is 5.69. The topological polar surface area (TPSA) is 37.3 Å².